The number of amides is 1. The number of halogens is 2. The van der Waals surface area contributed by atoms with Crippen LogP contribution in [0.5, 0.6) is 0 Å². The molecule has 0 saturated carbocycles. The van der Waals surface area contributed by atoms with Crippen LogP contribution in [-0.2, 0) is 0 Å². The zero-order chi connectivity index (χ0) is 23.3. The maximum Gasteiger partial charge on any atom is 0.267 e. The van der Waals surface area contributed by atoms with E-state index in [1.165, 1.54) is 16.9 Å². The van der Waals surface area contributed by atoms with Crippen molar-refractivity contribution in [1.29, 1.82) is 0 Å². The quantitative estimate of drug-likeness (QED) is 0.271. The molecule has 0 fully saturated rings. The molecule has 5 aromatic rings. The fourth-order valence-corrected chi connectivity index (χ4v) is 5.37. The third kappa shape index (κ3) is 4.12. The summed E-state index contributed by atoms with van der Waals surface area (Å²) in [5, 5.41) is 4.84. The van der Waals surface area contributed by atoms with Gasteiger partial charge in [0.2, 0.25) is 5.89 Å². The smallest absolute Gasteiger partial charge is 0.267 e. The van der Waals surface area contributed by atoms with Crippen molar-refractivity contribution in [3.8, 4) is 11.5 Å². The Kier molecular flexibility index (Phi) is 5.65. The number of oxazole rings is 1. The van der Waals surface area contributed by atoms with E-state index in [1.54, 1.807) is 6.07 Å². The Morgan fingerprint density at radius 3 is 2.67 bits per heavy atom. The maximum absolute atomic E-state index is 13.1. The minimum atomic E-state index is -0.267. The number of thiophene rings is 1. The zero-order valence-electron chi connectivity index (χ0n) is 18.2. The summed E-state index contributed by atoms with van der Waals surface area (Å²) >= 11 is 13.9. The second-order valence-corrected chi connectivity index (χ2v) is 10.1. The normalized spacial score (nSPS) is 11.6. The first kappa shape index (κ1) is 22.0. The fraction of sp³-hybridized carbons (Fsp3) is 0.154. The Labute approximate surface area is 205 Å². The van der Waals surface area contributed by atoms with Crippen LogP contribution < -0.4 is 5.32 Å². The van der Waals surface area contributed by atoms with E-state index in [0.29, 0.717) is 32.4 Å². The number of benzene rings is 3. The Morgan fingerprint density at radius 2 is 1.88 bits per heavy atom. The summed E-state index contributed by atoms with van der Waals surface area (Å²) in [6, 6.07) is 17.2. The average molecular weight is 495 g/mol. The predicted molar refractivity (Wildman–Crippen MR) is 138 cm³/mol. The Bertz CT molecular complexity index is 1530. The SMILES string of the molecule is Cc1ccc(-c2nc3cc(C(C)C)ccc3o2)cc1NC(=O)c1sc2cc(Cl)ccc2c1Cl. The molecule has 0 atom stereocenters. The first-order chi connectivity index (χ1) is 15.8. The van der Waals surface area contributed by atoms with Crippen LogP contribution in [0.2, 0.25) is 10.0 Å². The van der Waals surface area contributed by atoms with Crippen molar-refractivity contribution in [3.63, 3.8) is 0 Å². The molecule has 3 aromatic carbocycles. The van der Waals surface area contributed by atoms with Gasteiger partial charge in [-0.1, -0.05) is 55.2 Å². The van der Waals surface area contributed by atoms with Crippen LogP contribution >= 0.6 is 34.5 Å². The number of rotatable bonds is 4. The second-order valence-electron chi connectivity index (χ2n) is 8.27. The summed E-state index contributed by atoms with van der Waals surface area (Å²) in [4.78, 5) is 18.2. The van der Waals surface area contributed by atoms with E-state index in [9.17, 15) is 4.79 Å². The molecule has 0 radical (unpaired) electrons. The molecule has 2 heterocycles. The van der Waals surface area contributed by atoms with E-state index in [4.69, 9.17) is 27.6 Å². The molecule has 0 aliphatic rings. The highest BCUT2D eigenvalue weighted by Gasteiger charge is 2.19. The van der Waals surface area contributed by atoms with E-state index in [2.05, 4.69) is 36.3 Å². The van der Waals surface area contributed by atoms with Crippen LogP contribution in [0.1, 0.15) is 40.6 Å². The van der Waals surface area contributed by atoms with E-state index < -0.39 is 0 Å². The number of hydrogen-bond acceptors (Lipinski definition) is 4. The monoisotopic (exact) mass is 494 g/mol. The van der Waals surface area contributed by atoms with Crippen LogP contribution in [0.3, 0.4) is 0 Å². The van der Waals surface area contributed by atoms with Gasteiger partial charge in [0.1, 0.15) is 10.4 Å². The molecule has 2 aromatic heterocycles. The number of fused-ring (bicyclic) bond motifs is 2. The van der Waals surface area contributed by atoms with Gasteiger partial charge in [-0.15, -0.1) is 11.3 Å². The summed E-state index contributed by atoms with van der Waals surface area (Å²) in [7, 11) is 0. The summed E-state index contributed by atoms with van der Waals surface area (Å²) in [5.41, 5.74) is 5.14. The van der Waals surface area contributed by atoms with Crippen molar-refractivity contribution >= 4 is 67.3 Å². The van der Waals surface area contributed by atoms with Crippen LogP contribution in [0.15, 0.2) is 59.0 Å². The topological polar surface area (TPSA) is 55.1 Å². The molecule has 0 saturated heterocycles. The first-order valence-corrected chi connectivity index (χ1v) is 12.1. The van der Waals surface area contributed by atoms with Crippen molar-refractivity contribution in [2.75, 3.05) is 5.32 Å². The molecule has 33 heavy (non-hydrogen) atoms. The number of aryl methyl sites for hydroxylation is 1. The molecule has 0 bridgehead atoms. The highest BCUT2D eigenvalue weighted by Crippen LogP contribution is 2.37. The van der Waals surface area contributed by atoms with E-state index in [-0.39, 0.29) is 5.91 Å². The molecular weight excluding hydrogens is 475 g/mol. The predicted octanol–water partition coefficient (Wildman–Crippen LogP) is 8.70. The van der Waals surface area contributed by atoms with Gasteiger partial charge in [-0.2, -0.15) is 0 Å². The van der Waals surface area contributed by atoms with Crippen molar-refractivity contribution in [2.45, 2.75) is 26.7 Å². The minimum absolute atomic E-state index is 0.267. The number of aromatic nitrogens is 1. The van der Waals surface area contributed by atoms with Crippen molar-refractivity contribution < 1.29 is 9.21 Å². The lowest BCUT2D eigenvalue weighted by molar-refractivity contribution is 0.103. The molecule has 0 aliphatic carbocycles. The van der Waals surface area contributed by atoms with Gasteiger partial charge in [0.25, 0.3) is 5.91 Å². The largest absolute Gasteiger partial charge is 0.436 e. The number of nitrogens with one attached hydrogen (secondary N) is 1. The molecule has 1 N–H and O–H groups in total. The van der Waals surface area contributed by atoms with Gasteiger partial charge in [0.05, 0.1) is 5.02 Å². The first-order valence-electron chi connectivity index (χ1n) is 10.5. The van der Waals surface area contributed by atoms with Gasteiger partial charge in [0, 0.05) is 26.4 Å². The molecular formula is C26H20Cl2N2O2S. The van der Waals surface area contributed by atoms with Crippen molar-refractivity contribution in [3.05, 3.63) is 80.6 Å². The highest BCUT2D eigenvalue weighted by molar-refractivity contribution is 7.21. The molecule has 4 nitrogen and oxygen atoms in total. The van der Waals surface area contributed by atoms with Gasteiger partial charge in [0.15, 0.2) is 5.58 Å². The van der Waals surface area contributed by atoms with Gasteiger partial charge in [-0.3, -0.25) is 4.79 Å². The zero-order valence-corrected chi connectivity index (χ0v) is 20.5. The third-order valence-electron chi connectivity index (χ3n) is 5.61. The summed E-state index contributed by atoms with van der Waals surface area (Å²) in [6.07, 6.45) is 0. The third-order valence-corrected chi connectivity index (χ3v) is 7.50. The van der Waals surface area contributed by atoms with Gasteiger partial charge < -0.3 is 9.73 Å². The molecule has 166 valence electrons. The van der Waals surface area contributed by atoms with Crippen LogP contribution in [-0.4, -0.2) is 10.9 Å². The summed E-state index contributed by atoms with van der Waals surface area (Å²) < 4.78 is 6.86. The number of carbonyl (C=O) groups excluding carboxylic acids is 1. The Hall–Kier alpha value is -2.86. The fourth-order valence-electron chi connectivity index (χ4n) is 3.68. The van der Waals surface area contributed by atoms with E-state index >= 15 is 0 Å². The van der Waals surface area contributed by atoms with Crippen molar-refractivity contribution in [2.24, 2.45) is 0 Å². The lowest BCUT2D eigenvalue weighted by Gasteiger charge is -2.09. The number of anilines is 1. The van der Waals surface area contributed by atoms with Crippen LogP contribution in [0, 0.1) is 6.92 Å². The van der Waals surface area contributed by atoms with Crippen molar-refractivity contribution in [1.82, 2.24) is 4.98 Å². The Morgan fingerprint density at radius 1 is 1.06 bits per heavy atom. The molecule has 1 amide bonds. The number of nitrogens with zero attached hydrogens (tertiary/aromatic N) is 1. The lowest BCUT2D eigenvalue weighted by Crippen LogP contribution is -2.11. The number of hydrogen-bond donors (Lipinski definition) is 1. The van der Waals surface area contributed by atoms with Crippen LogP contribution in [0.25, 0.3) is 32.6 Å². The number of carbonyl (C=O) groups is 1. The lowest BCUT2D eigenvalue weighted by atomic mass is 10.0. The summed E-state index contributed by atoms with van der Waals surface area (Å²) in [5.74, 6) is 0.653. The average Bonchev–Trinajstić information content (AvgIpc) is 3.35. The molecule has 0 spiro atoms. The molecule has 0 aliphatic heterocycles. The summed E-state index contributed by atoms with van der Waals surface area (Å²) in [6.45, 7) is 6.23. The molecule has 5 rings (SSSR count). The molecule has 0 unspecified atom stereocenters. The molecule has 7 heteroatoms. The highest BCUT2D eigenvalue weighted by atomic mass is 35.5. The Balaban J connectivity index is 1.47. The minimum Gasteiger partial charge on any atom is -0.436 e. The van der Waals surface area contributed by atoms with Crippen LogP contribution in [0.4, 0.5) is 5.69 Å². The van der Waals surface area contributed by atoms with E-state index in [1.807, 2.05) is 43.3 Å². The van der Waals surface area contributed by atoms with Gasteiger partial charge in [-0.05, 0) is 60.4 Å². The standard InChI is InChI=1S/C26H20Cl2N2O2S/c1-13(2)15-6-9-21-20(10-15)30-26(32-21)16-5-4-14(3)19(11-16)29-25(31)24-23(28)18-8-7-17(27)12-22(18)33-24/h4-13H,1-3H3,(H,29,31). The van der Waals surface area contributed by atoms with E-state index in [0.717, 1.165) is 32.3 Å². The maximum atomic E-state index is 13.1. The second kappa shape index (κ2) is 8.49. The van der Waals surface area contributed by atoms with Gasteiger partial charge in [-0.25, -0.2) is 4.98 Å². The van der Waals surface area contributed by atoms with Gasteiger partial charge >= 0.3 is 0 Å².